The van der Waals surface area contributed by atoms with Crippen molar-refractivity contribution in [1.82, 2.24) is 4.98 Å². The molecule has 72 valence electrons. The third-order valence-electron chi connectivity index (χ3n) is 2.18. The summed E-state index contributed by atoms with van der Waals surface area (Å²) >= 11 is 5.82. The van der Waals surface area contributed by atoms with Crippen molar-refractivity contribution in [2.45, 2.75) is 6.92 Å². The number of pyridine rings is 1. The lowest BCUT2D eigenvalue weighted by Crippen LogP contribution is -1.85. The van der Waals surface area contributed by atoms with Gasteiger partial charge >= 0.3 is 0 Å². The van der Waals surface area contributed by atoms with Crippen molar-refractivity contribution in [2.75, 3.05) is 0 Å². The highest BCUT2D eigenvalue weighted by atomic mass is 35.5. The van der Waals surface area contributed by atoms with Crippen molar-refractivity contribution in [3.8, 4) is 11.5 Å². The Bertz CT molecular complexity index is 464. The Hall–Kier alpha value is -1.48. The van der Waals surface area contributed by atoms with Crippen molar-refractivity contribution in [3.63, 3.8) is 0 Å². The summed E-state index contributed by atoms with van der Waals surface area (Å²) in [5.41, 5.74) is 0.808. The zero-order valence-corrected chi connectivity index (χ0v) is 8.21. The molecule has 3 nitrogen and oxygen atoms in total. The van der Waals surface area contributed by atoms with E-state index in [4.69, 9.17) is 11.6 Å². The predicted octanol–water partition coefficient (Wildman–Crippen LogP) is 2.61. The van der Waals surface area contributed by atoms with Gasteiger partial charge < -0.3 is 10.2 Å². The second kappa shape index (κ2) is 3.03. The molecule has 0 aliphatic carbocycles. The molecule has 2 rings (SSSR count). The summed E-state index contributed by atoms with van der Waals surface area (Å²) in [6.07, 6.45) is 1.55. The molecule has 0 saturated heterocycles. The van der Waals surface area contributed by atoms with E-state index >= 15 is 0 Å². The van der Waals surface area contributed by atoms with E-state index in [1.165, 1.54) is 0 Å². The Morgan fingerprint density at radius 2 is 2.00 bits per heavy atom. The van der Waals surface area contributed by atoms with Crippen molar-refractivity contribution < 1.29 is 10.2 Å². The maximum atomic E-state index is 9.71. The Morgan fingerprint density at radius 3 is 2.71 bits per heavy atom. The van der Waals surface area contributed by atoms with Gasteiger partial charge in [0.05, 0.1) is 5.02 Å². The monoisotopic (exact) mass is 209 g/mol. The van der Waals surface area contributed by atoms with Crippen LogP contribution in [-0.2, 0) is 0 Å². The molecule has 14 heavy (non-hydrogen) atoms. The quantitative estimate of drug-likeness (QED) is 0.656. The summed E-state index contributed by atoms with van der Waals surface area (Å²) in [6.45, 7) is 1.63. The molecule has 0 radical (unpaired) electrons. The minimum absolute atomic E-state index is 0.0170. The first-order valence-corrected chi connectivity index (χ1v) is 4.45. The maximum Gasteiger partial charge on any atom is 0.146 e. The summed E-state index contributed by atoms with van der Waals surface area (Å²) in [7, 11) is 0. The Morgan fingerprint density at radius 1 is 1.29 bits per heavy atom. The normalized spacial score (nSPS) is 10.7. The fraction of sp³-hybridized carbons (Fsp3) is 0.100. The molecule has 1 aromatic carbocycles. The zero-order valence-electron chi connectivity index (χ0n) is 7.45. The van der Waals surface area contributed by atoms with Crippen LogP contribution in [0.25, 0.3) is 10.9 Å². The van der Waals surface area contributed by atoms with Crippen LogP contribution in [0, 0.1) is 6.92 Å². The average Bonchev–Trinajstić information content (AvgIpc) is 2.23. The van der Waals surface area contributed by atoms with Crippen LogP contribution in [0.3, 0.4) is 0 Å². The molecule has 0 aliphatic rings. The van der Waals surface area contributed by atoms with Crippen LogP contribution in [-0.4, -0.2) is 15.2 Å². The number of phenolic OH excluding ortho intramolecular Hbond substituents is 2. The van der Waals surface area contributed by atoms with E-state index in [9.17, 15) is 10.2 Å². The van der Waals surface area contributed by atoms with E-state index < -0.39 is 0 Å². The van der Waals surface area contributed by atoms with E-state index in [2.05, 4.69) is 4.98 Å². The summed E-state index contributed by atoms with van der Waals surface area (Å²) in [6, 6.07) is 3.33. The van der Waals surface area contributed by atoms with Gasteiger partial charge in [0.25, 0.3) is 0 Å². The standard InChI is InChI=1S/C10H8ClNO2/c1-5-7(11)10(14)6-3-2-4-12-8(6)9(5)13/h2-4,13-14H,1H3. The Balaban J connectivity index is 3.02. The second-order valence-electron chi connectivity index (χ2n) is 3.04. The van der Waals surface area contributed by atoms with E-state index in [1.54, 1.807) is 25.3 Å². The number of fused-ring (bicyclic) bond motifs is 1. The fourth-order valence-electron chi connectivity index (χ4n) is 1.36. The largest absolute Gasteiger partial charge is 0.506 e. The van der Waals surface area contributed by atoms with Gasteiger partial charge in [-0.1, -0.05) is 11.6 Å². The van der Waals surface area contributed by atoms with E-state index in [1.807, 2.05) is 0 Å². The first-order chi connectivity index (χ1) is 6.63. The topological polar surface area (TPSA) is 53.4 Å². The molecule has 0 aliphatic heterocycles. The van der Waals surface area contributed by atoms with E-state index in [-0.39, 0.29) is 16.5 Å². The van der Waals surface area contributed by atoms with Gasteiger partial charge in [-0.2, -0.15) is 0 Å². The predicted molar refractivity (Wildman–Crippen MR) is 54.8 cm³/mol. The Kier molecular flexibility index (Phi) is 1.97. The molecule has 4 heteroatoms. The first-order valence-electron chi connectivity index (χ1n) is 4.07. The van der Waals surface area contributed by atoms with E-state index in [0.717, 1.165) is 0 Å². The molecule has 2 aromatic rings. The van der Waals surface area contributed by atoms with Gasteiger partial charge in [-0.3, -0.25) is 4.98 Å². The van der Waals surface area contributed by atoms with E-state index in [0.29, 0.717) is 16.5 Å². The third kappa shape index (κ3) is 1.09. The zero-order chi connectivity index (χ0) is 10.3. The smallest absolute Gasteiger partial charge is 0.146 e. The third-order valence-corrected chi connectivity index (χ3v) is 2.64. The molecule has 1 aromatic heterocycles. The van der Waals surface area contributed by atoms with Gasteiger partial charge in [0.15, 0.2) is 0 Å². The summed E-state index contributed by atoms with van der Waals surface area (Å²) in [5, 5.41) is 20.0. The number of phenols is 2. The van der Waals surface area contributed by atoms with Gasteiger partial charge in [-0.05, 0) is 19.1 Å². The van der Waals surface area contributed by atoms with Gasteiger partial charge in [-0.25, -0.2) is 0 Å². The van der Waals surface area contributed by atoms with Gasteiger partial charge in [0.1, 0.15) is 17.0 Å². The number of aromatic hydroxyl groups is 2. The van der Waals surface area contributed by atoms with Crippen molar-refractivity contribution in [3.05, 3.63) is 28.9 Å². The first kappa shape index (κ1) is 9.09. The SMILES string of the molecule is Cc1c(Cl)c(O)c2cccnc2c1O. The van der Waals surface area contributed by atoms with Crippen LogP contribution in [0.15, 0.2) is 18.3 Å². The highest BCUT2D eigenvalue weighted by molar-refractivity contribution is 6.34. The van der Waals surface area contributed by atoms with Crippen LogP contribution in [0.5, 0.6) is 11.5 Å². The molecular formula is C10H8ClNO2. The number of hydrogen-bond donors (Lipinski definition) is 2. The van der Waals surface area contributed by atoms with Crippen LogP contribution in [0.2, 0.25) is 5.02 Å². The molecule has 0 amide bonds. The van der Waals surface area contributed by atoms with Crippen LogP contribution in [0.4, 0.5) is 0 Å². The number of aromatic nitrogens is 1. The second-order valence-corrected chi connectivity index (χ2v) is 3.41. The van der Waals surface area contributed by atoms with Crippen LogP contribution in [0.1, 0.15) is 5.56 Å². The molecule has 0 spiro atoms. The number of benzene rings is 1. The summed E-state index contributed by atoms with van der Waals surface area (Å²) < 4.78 is 0. The summed E-state index contributed by atoms with van der Waals surface area (Å²) in [5.74, 6) is -0.0199. The fourth-order valence-corrected chi connectivity index (χ4v) is 1.55. The van der Waals surface area contributed by atoms with Crippen molar-refractivity contribution >= 4 is 22.5 Å². The molecule has 0 saturated carbocycles. The molecule has 0 atom stereocenters. The highest BCUT2D eigenvalue weighted by Gasteiger charge is 2.14. The lowest BCUT2D eigenvalue weighted by Gasteiger charge is -2.08. The molecule has 1 heterocycles. The molecule has 0 unspecified atom stereocenters. The highest BCUT2D eigenvalue weighted by Crippen LogP contribution is 2.40. The molecule has 0 bridgehead atoms. The lowest BCUT2D eigenvalue weighted by molar-refractivity contribution is 0.465. The molecular weight excluding hydrogens is 202 g/mol. The van der Waals surface area contributed by atoms with Gasteiger partial charge in [-0.15, -0.1) is 0 Å². The average molecular weight is 210 g/mol. The van der Waals surface area contributed by atoms with Gasteiger partial charge in [0.2, 0.25) is 0 Å². The van der Waals surface area contributed by atoms with Crippen LogP contribution >= 0.6 is 11.6 Å². The van der Waals surface area contributed by atoms with Crippen molar-refractivity contribution in [2.24, 2.45) is 0 Å². The number of hydrogen-bond acceptors (Lipinski definition) is 3. The minimum Gasteiger partial charge on any atom is -0.506 e. The maximum absolute atomic E-state index is 9.71. The Labute approximate surface area is 85.6 Å². The van der Waals surface area contributed by atoms with Crippen molar-refractivity contribution in [1.29, 1.82) is 0 Å². The summed E-state index contributed by atoms with van der Waals surface area (Å²) in [4.78, 5) is 3.97. The lowest BCUT2D eigenvalue weighted by atomic mass is 10.1. The van der Waals surface area contributed by atoms with Gasteiger partial charge in [0, 0.05) is 17.1 Å². The molecule has 0 fully saturated rings. The van der Waals surface area contributed by atoms with Crippen LogP contribution < -0.4 is 0 Å². The molecule has 2 N–H and O–H groups in total. The number of nitrogens with zero attached hydrogens (tertiary/aromatic N) is 1. The number of halogens is 1. The number of rotatable bonds is 0. The minimum atomic E-state index is -0.0370.